The van der Waals surface area contributed by atoms with Gasteiger partial charge in [0.05, 0.1) is 12.4 Å². The van der Waals surface area contributed by atoms with Gasteiger partial charge in [-0.2, -0.15) is 10.2 Å². The van der Waals surface area contributed by atoms with E-state index < -0.39 is 0 Å². The number of nitrogens with two attached hydrogens (primary N) is 3. The minimum atomic E-state index is -0.0736. The van der Waals surface area contributed by atoms with Crippen LogP contribution in [-0.2, 0) is 0 Å². The molecule has 0 aliphatic rings. The minimum absolute atomic E-state index is 0.0736. The molecule has 0 heterocycles. The molecule has 0 bridgehead atoms. The van der Waals surface area contributed by atoms with Crippen molar-refractivity contribution in [3.8, 4) is 11.1 Å². The Morgan fingerprint density at radius 3 is 2.12 bits per heavy atom. The van der Waals surface area contributed by atoms with Crippen LogP contribution in [0.5, 0.6) is 0 Å². The lowest BCUT2D eigenvalue weighted by atomic mass is 10.0. The third-order valence-corrected chi connectivity index (χ3v) is 2.93. The maximum Gasteiger partial charge on any atom is 0.211 e. The summed E-state index contributed by atoms with van der Waals surface area (Å²) in [6.07, 6.45) is 3.25. The number of benzene rings is 2. The van der Waals surface area contributed by atoms with Crippen molar-refractivity contribution >= 4 is 24.2 Å². The van der Waals surface area contributed by atoms with Crippen LogP contribution < -0.4 is 17.2 Å². The fourth-order valence-electron chi connectivity index (χ4n) is 1.91. The third-order valence-electron chi connectivity index (χ3n) is 2.93. The zero-order valence-electron chi connectivity index (χ0n) is 13.3. The van der Waals surface area contributed by atoms with E-state index >= 15 is 0 Å². The molecule has 2 aromatic carbocycles. The molecule has 0 atom stereocenters. The van der Waals surface area contributed by atoms with Crippen LogP contribution in [0.15, 0.2) is 68.9 Å². The van der Waals surface area contributed by atoms with E-state index in [1.165, 1.54) is 0 Å². The molecule has 0 spiro atoms. The summed E-state index contributed by atoms with van der Waals surface area (Å²) in [6.45, 7) is 1.69. The fraction of sp³-hybridized carbons (Fsp3) is 0.0588. The zero-order chi connectivity index (χ0) is 17.4. The normalized spacial score (nSPS) is 12.0. The highest BCUT2D eigenvalue weighted by Crippen LogP contribution is 2.20. The lowest BCUT2D eigenvalue weighted by Crippen LogP contribution is -2.21. The molecule has 7 nitrogen and oxygen atoms in total. The second-order valence-corrected chi connectivity index (χ2v) is 5.00. The number of hydrogen-bond acceptors (Lipinski definition) is 4. The summed E-state index contributed by atoms with van der Waals surface area (Å²) < 4.78 is 0. The van der Waals surface area contributed by atoms with Crippen molar-refractivity contribution in [2.75, 3.05) is 0 Å². The van der Waals surface area contributed by atoms with E-state index in [1.807, 2.05) is 48.5 Å². The van der Waals surface area contributed by atoms with Gasteiger partial charge < -0.3 is 17.2 Å². The molecule has 0 amide bonds. The maximum atomic E-state index is 5.45. The van der Waals surface area contributed by atoms with E-state index in [-0.39, 0.29) is 5.96 Å². The molecule has 7 heteroatoms. The SMILES string of the molecule is CC(N)=N/N=C/c1cccc(-c2ccc(/C=N/N=C(N)N)cc2)c1. The van der Waals surface area contributed by atoms with Gasteiger partial charge in [0, 0.05) is 0 Å². The van der Waals surface area contributed by atoms with Gasteiger partial charge >= 0.3 is 0 Å². The van der Waals surface area contributed by atoms with Gasteiger partial charge in [-0.3, -0.25) is 0 Å². The van der Waals surface area contributed by atoms with Gasteiger partial charge in [0.1, 0.15) is 5.84 Å². The topological polar surface area (TPSA) is 127 Å². The summed E-state index contributed by atoms with van der Waals surface area (Å²) in [5.41, 5.74) is 19.8. The van der Waals surface area contributed by atoms with Gasteiger partial charge in [0.15, 0.2) is 0 Å². The van der Waals surface area contributed by atoms with Crippen LogP contribution in [-0.4, -0.2) is 24.2 Å². The van der Waals surface area contributed by atoms with Crippen LogP contribution in [0.25, 0.3) is 11.1 Å². The van der Waals surface area contributed by atoms with Crippen molar-refractivity contribution in [1.29, 1.82) is 0 Å². The first-order chi connectivity index (χ1) is 11.5. The Morgan fingerprint density at radius 2 is 1.46 bits per heavy atom. The second kappa shape index (κ2) is 8.23. The summed E-state index contributed by atoms with van der Waals surface area (Å²) in [5.74, 6) is 0.343. The Kier molecular flexibility index (Phi) is 5.79. The Hall–Kier alpha value is -3.48. The predicted octanol–water partition coefficient (Wildman–Crippen LogP) is 1.67. The van der Waals surface area contributed by atoms with E-state index in [1.54, 1.807) is 19.4 Å². The second-order valence-electron chi connectivity index (χ2n) is 5.00. The zero-order valence-corrected chi connectivity index (χ0v) is 13.3. The van der Waals surface area contributed by atoms with E-state index in [2.05, 4.69) is 20.4 Å². The molecule has 6 N–H and O–H groups in total. The first-order valence-corrected chi connectivity index (χ1v) is 7.20. The van der Waals surface area contributed by atoms with E-state index in [0.717, 1.165) is 22.3 Å². The van der Waals surface area contributed by atoms with Crippen molar-refractivity contribution in [2.24, 2.45) is 37.6 Å². The first-order valence-electron chi connectivity index (χ1n) is 7.20. The monoisotopic (exact) mass is 321 g/mol. The number of nitrogens with zero attached hydrogens (tertiary/aromatic N) is 4. The highest BCUT2D eigenvalue weighted by atomic mass is 15.3. The Labute approximate surface area is 140 Å². The molecule has 2 aromatic rings. The van der Waals surface area contributed by atoms with Crippen LogP contribution in [0.1, 0.15) is 18.1 Å². The van der Waals surface area contributed by atoms with Crippen LogP contribution in [0, 0.1) is 0 Å². The largest absolute Gasteiger partial charge is 0.386 e. The van der Waals surface area contributed by atoms with Crippen molar-refractivity contribution in [3.63, 3.8) is 0 Å². The molecular formula is C17H19N7. The molecule has 0 aromatic heterocycles. The molecule has 2 rings (SSSR count). The first kappa shape index (κ1) is 16.9. The lowest BCUT2D eigenvalue weighted by Gasteiger charge is -2.03. The fourth-order valence-corrected chi connectivity index (χ4v) is 1.91. The summed E-state index contributed by atoms with van der Waals surface area (Å²) in [6, 6.07) is 15.8. The summed E-state index contributed by atoms with van der Waals surface area (Å²) >= 11 is 0. The quantitative estimate of drug-likeness (QED) is 0.440. The standard InChI is InChI=1S/C17H19N7/c1-12(18)23-21-11-14-3-2-4-16(9-14)15-7-5-13(6-8-15)10-22-24-17(19)20/h2-11H,1H3,(H2,18,23)(H4,19,20,24)/b21-11+,22-10+. The van der Waals surface area contributed by atoms with E-state index in [9.17, 15) is 0 Å². The molecular weight excluding hydrogens is 302 g/mol. The van der Waals surface area contributed by atoms with Crippen molar-refractivity contribution in [2.45, 2.75) is 6.92 Å². The Bertz CT molecular complexity index is 794. The average molecular weight is 321 g/mol. The lowest BCUT2D eigenvalue weighted by molar-refractivity contribution is 1.21. The number of hydrogen-bond donors (Lipinski definition) is 3. The molecule has 122 valence electrons. The van der Waals surface area contributed by atoms with Gasteiger partial charge in [-0.15, -0.1) is 10.2 Å². The van der Waals surface area contributed by atoms with E-state index in [4.69, 9.17) is 17.2 Å². The smallest absolute Gasteiger partial charge is 0.211 e. The summed E-state index contributed by atoms with van der Waals surface area (Å²) in [4.78, 5) is 0. The predicted molar refractivity (Wildman–Crippen MR) is 100 cm³/mol. The molecule has 0 unspecified atom stereocenters. The van der Waals surface area contributed by atoms with E-state index in [0.29, 0.717) is 5.84 Å². The molecule has 0 aliphatic heterocycles. The van der Waals surface area contributed by atoms with Crippen molar-refractivity contribution < 1.29 is 0 Å². The van der Waals surface area contributed by atoms with Crippen molar-refractivity contribution in [1.82, 2.24) is 0 Å². The van der Waals surface area contributed by atoms with Crippen LogP contribution in [0.2, 0.25) is 0 Å². The summed E-state index contributed by atoms with van der Waals surface area (Å²) in [5, 5.41) is 15.1. The van der Waals surface area contributed by atoms with Crippen LogP contribution in [0.3, 0.4) is 0 Å². The Balaban J connectivity index is 2.17. The van der Waals surface area contributed by atoms with Gasteiger partial charge in [0.2, 0.25) is 5.96 Å². The van der Waals surface area contributed by atoms with Crippen LogP contribution in [0.4, 0.5) is 0 Å². The maximum absolute atomic E-state index is 5.45. The van der Waals surface area contributed by atoms with Crippen molar-refractivity contribution in [3.05, 3.63) is 59.7 Å². The van der Waals surface area contributed by atoms with Gasteiger partial charge in [-0.1, -0.05) is 42.5 Å². The molecule has 0 fully saturated rings. The highest BCUT2D eigenvalue weighted by molar-refractivity contribution is 5.85. The molecule has 0 radical (unpaired) electrons. The van der Waals surface area contributed by atoms with Gasteiger partial charge in [-0.25, -0.2) is 0 Å². The van der Waals surface area contributed by atoms with Crippen LogP contribution >= 0.6 is 0 Å². The minimum Gasteiger partial charge on any atom is -0.386 e. The summed E-state index contributed by atoms with van der Waals surface area (Å²) in [7, 11) is 0. The number of amidine groups is 1. The number of guanidine groups is 1. The third kappa shape index (κ3) is 5.38. The van der Waals surface area contributed by atoms with Gasteiger partial charge in [0.25, 0.3) is 0 Å². The van der Waals surface area contributed by atoms with Gasteiger partial charge in [-0.05, 0) is 35.2 Å². The molecule has 0 saturated heterocycles. The number of rotatable bonds is 5. The molecule has 0 aliphatic carbocycles. The highest BCUT2D eigenvalue weighted by Gasteiger charge is 1.98. The Morgan fingerprint density at radius 1 is 0.792 bits per heavy atom. The molecule has 0 saturated carbocycles. The average Bonchev–Trinajstić information content (AvgIpc) is 2.55. The molecule has 24 heavy (non-hydrogen) atoms.